The highest BCUT2D eigenvalue weighted by molar-refractivity contribution is 5.82. The van der Waals surface area contributed by atoms with E-state index in [4.69, 9.17) is 4.74 Å². The van der Waals surface area contributed by atoms with Crippen LogP contribution in [0.15, 0.2) is 18.2 Å². The highest BCUT2D eigenvalue weighted by Gasteiger charge is 2.01. The van der Waals surface area contributed by atoms with Crippen molar-refractivity contribution in [3.8, 4) is 5.75 Å². The summed E-state index contributed by atoms with van der Waals surface area (Å²) < 4.78 is 5.10. The van der Waals surface area contributed by atoms with Crippen molar-refractivity contribution < 1.29 is 6.16 Å². The van der Waals surface area contributed by atoms with Crippen molar-refractivity contribution in [2.24, 2.45) is 0 Å². The second kappa shape index (κ2) is 4.65. The second-order valence-corrected chi connectivity index (χ2v) is 2.73. The molecule has 1 N–H and O–H groups in total. The fraction of sp³-hybridized carbons (Fsp3) is 0.364. The molecule has 3 nitrogen and oxygen atoms in total. The van der Waals surface area contributed by atoms with E-state index in [1.807, 2.05) is 39.0 Å². The maximum Gasteiger partial charge on any atom is 0.119 e. The molecule has 1 aromatic heterocycles. The number of H-pyrrole nitrogens is 1. The first-order chi connectivity index (χ1) is 6.81. The summed E-state index contributed by atoms with van der Waals surface area (Å²) in [6, 6.07) is 5.83. The summed E-state index contributed by atoms with van der Waals surface area (Å²) in [5.41, 5.74) is 2.05. The van der Waals surface area contributed by atoms with Crippen LogP contribution in [0.5, 0.6) is 5.75 Å². The van der Waals surface area contributed by atoms with Crippen molar-refractivity contribution in [2.45, 2.75) is 20.8 Å². The molecule has 0 unspecified atom stereocenters. The molecule has 0 aliphatic rings. The fourth-order valence-electron chi connectivity index (χ4n) is 1.24. The molecule has 0 aliphatic heterocycles. The molecule has 14 heavy (non-hydrogen) atoms. The van der Waals surface area contributed by atoms with E-state index in [-0.39, 0.29) is 1.43 Å². The van der Waals surface area contributed by atoms with Crippen LogP contribution in [0.25, 0.3) is 10.9 Å². The molecule has 0 radical (unpaired) electrons. The second-order valence-electron chi connectivity index (χ2n) is 2.73. The summed E-state index contributed by atoms with van der Waals surface area (Å²) in [6.07, 6.45) is 0. The molecular formula is C11H18N2O. The molecule has 0 saturated heterocycles. The van der Waals surface area contributed by atoms with E-state index < -0.39 is 0 Å². The molecule has 0 fully saturated rings. The van der Waals surface area contributed by atoms with Gasteiger partial charge < -0.3 is 4.74 Å². The number of aromatic amines is 1. The Bertz CT molecular complexity index is 412. The number of aryl methyl sites for hydroxylation is 1. The van der Waals surface area contributed by atoms with Gasteiger partial charge in [-0.2, -0.15) is 5.10 Å². The van der Waals surface area contributed by atoms with E-state index in [0.29, 0.717) is 0 Å². The fourth-order valence-corrected chi connectivity index (χ4v) is 1.24. The SMILES string of the molecule is CC.COc1ccc2n[nH]c(C)c2c1.[HH]. The molecule has 0 saturated carbocycles. The number of hydrogen-bond acceptors (Lipinski definition) is 2. The highest BCUT2D eigenvalue weighted by Crippen LogP contribution is 2.20. The minimum atomic E-state index is 0. The van der Waals surface area contributed by atoms with Gasteiger partial charge in [0.15, 0.2) is 0 Å². The van der Waals surface area contributed by atoms with Gasteiger partial charge in [0.05, 0.1) is 12.6 Å². The van der Waals surface area contributed by atoms with Gasteiger partial charge in [-0.25, -0.2) is 0 Å². The predicted molar refractivity (Wildman–Crippen MR) is 60.8 cm³/mol. The molecule has 0 bridgehead atoms. The van der Waals surface area contributed by atoms with Crippen LogP contribution in [0.3, 0.4) is 0 Å². The molecule has 78 valence electrons. The maximum atomic E-state index is 5.10. The smallest absolute Gasteiger partial charge is 0.119 e. The van der Waals surface area contributed by atoms with Crippen molar-refractivity contribution in [2.75, 3.05) is 7.11 Å². The van der Waals surface area contributed by atoms with Crippen LogP contribution in [0.2, 0.25) is 0 Å². The Kier molecular flexibility index (Phi) is 3.51. The summed E-state index contributed by atoms with van der Waals surface area (Å²) in [4.78, 5) is 0. The summed E-state index contributed by atoms with van der Waals surface area (Å²) in [5, 5.41) is 8.16. The zero-order chi connectivity index (χ0) is 10.6. The third-order valence-electron chi connectivity index (χ3n) is 1.95. The first-order valence-electron chi connectivity index (χ1n) is 4.80. The highest BCUT2D eigenvalue weighted by atomic mass is 16.5. The summed E-state index contributed by atoms with van der Waals surface area (Å²) in [7, 11) is 1.66. The van der Waals surface area contributed by atoms with E-state index in [2.05, 4.69) is 10.2 Å². The minimum absolute atomic E-state index is 0. The van der Waals surface area contributed by atoms with Gasteiger partial charge in [-0.15, -0.1) is 0 Å². The average molecular weight is 194 g/mol. The van der Waals surface area contributed by atoms with Gasteiger partial charge in [-0.05, 0) is 25.1 Å². The number of benzene rings is 1. The largest absolute Gasteiger partial charge is 0.497 e. The van der Waals surface area contributed by atoms with Crippen molar-refractivity contribution in [3.63, 3.8) is 0 Å². The Morgan fingerprint density at radius 1 is 1.36 bits per heavy atom. The lowest BCUT2D eigenvalue weighted by atomic mass is 10.2. The summed E-state index contributed by atoms with van der Waals surface area (Å²) in [6.45, 7) is 5.99. The van der Waals surface area contributed by atoms with E-state index in [1.54, 1.807) is 7.11 Å². The number of aromatic nitrogens is 2. The van der Waals surface area contributed by atoms with E-state index in [0.717, 1.165) is 22.3 Å². The monoisotopic (exact) mass is 194 g/mol. The molecule has 0 amide bonds. The molecule has 0 atom stereocenters. The first-order valence-corrected chi connectivity index (χ1v) is 4.80. The zero-order valence-electron chi connectivity index (χ0n) is 9.09. The number of hydrogen-bond donors (Lipinski definition) is 1. The zero-order valence-corrected chi connectivity index (χ0v) is 9.09. The molecular weight excluding hydrogens is 176 g/mol. The van der Waals surface area contributed by atoms with E-state index in [1.165, 1.54) is 0 Å². The topological polar surface area (TPSA) is 37.9 Å². The Labute approximate surface area is 85.6 Å². The molecule has 0 spiro atoms. The first kappa shape index (κ1) is 10.6. The average Bonchev–Trinajstić information content (AvgIpc) is 2.63. The number of rotatable bonds is 1. The van der Waals surface area contributed by atoms with Gasteiger partial charge in [-0.3, -0.25) is 5.10 Å². The standard InChI is InChI=1S/C9H10N2O.C2H6.H2/c1-6-8-5-7(12-2)3-4-9(8)11-10-6;1-2;/h3-5H,1-2H3,(H,10,11);1-2H3;1H. The van der Waals surface area contributed by atoms with Crippen LogP contribution in [-0.2, 0) is 0 Å². The van der Waals surface area contributed by atoms with Gasteiger partial charge in [-0.1, -0.05) is 13.8 Å². The number of nitrogens with zero attached hydrogens (tertiary/aromatic N) is 1. The third kappa shape index (κ3) is 1.87. The lowest BCUT2D eigenvalue weighted by Crippen LogP contribution is -1.81. The molecule has 2 rings (SSSR count). The van der Waals surface area contributed by atoms with Gasteiger partial charge in [0.2, 0.25) is 0 Å². The lowest BCUT2D eigenvalue weighted by molar-refractivity contribution is 0.415. The predicted octanol–water partition coefficient (Wildman–Crippen LogP) is 3.15. The maximum absolute atomic E-state index is 5.10. The van der Waals surface area contributed by atoms with Crippen molar-refractivity contribution in [1.29, 1.82) is 0 Å². The van der Waals surface area contributed by atoms with Crippen LogP contribution >= 0.6 is 0 Å². The van der Waals surface area contributed by atoms with Crippen molar-refractivity contribution in [1.82, 2.24) is 10.2 Å². The summed E-state index contributed by atoms with van der Waals surface area (Å²) >= 11 is 0. The molecule has 0 aliphatic carbocycles. The number of methoxy groups -OCH3 is 1. The van der Waals surface area contributed by atoms with Crippen LogP contribution in [0.1, 0.15) is 21.0 Å². The number of fused-ring (bicyclic) bond motifs is 1. The van der Waals surface area contributed by atoms with Gasteiger partial charge in [0.25, 0.3) is 0 Å². The van der Waals surface area contributed by atoms with Crippen LogP contribution in [-0.4, -0.2) is 17.3 Å². The quantitative estimate of drug-likeness (QED) is 0.757. The normalized spacial score (nSPS) is 9.43. The van der Waals surface area contributed by atoms with Gasteiger partial charge in [0.1, 0.15) is 5.75 Å². The Hall–Kier alpha value is -1.51. The minimum Gasteiger partial charge on any atom is -0.497 e. The Balaban J connectivity index is 0.000000617. The third-order valence-corrected chi connectivity index (χ3v) is 1.95. The van der Waals surface area contributed by atoms with Crippen LogP contribution in [0, 0.1) is 6.92 Å². The molecule has 3 heteroatoms. The van der Waals surface area contributed by atoms with Crippen molar-refractivity contribution >= 4 is 10.9 Å². The number of nitrogens with one attached hydrogen (secondary N) is 1. The molecule has 1 aromatic carbocycles. The van der Waals surface area contributed by atoms with Crippen LogP contribution in [0.4, 0.5) is 0 Å². The lowest BCUT2D eigenvalue weighted by Gasteiger charge is -1.97. The van der Waals surface area contributed by atoms with E-state index in [9.17, 15) is 0 Å². The van der Waals surface area contributed by atoms with Gasteiger partial charge >= 0.3 is 0 Å². The van der Waals surface area contributed by atoms with E-state index >= 15 is 0 Å². The van der Waals surface area contributed by atoms with Crippen molar-refractivity contribution in [3.05, 3.63) is 23.9 Å². The van der Waals surface area contributed by atoms with Gasteiger partial charge in [0, 0.05) is 12.5 Å². The Morgan fingerprint density at radius 2 is 2.07 bits per heavy atom. The van der Waals surface area contributed by atoms with Crippen LogP contribution < -0.4 is 4.74 Å². The summed E-state index contributed by atoms with van der Waals surface area (Å²) in [5.74, 6) is 0.868. The Morgan fingerprint density at radius 3 is 2.71 bits per heavy atom. The molecule has 2 aromatic rings. The molecule has 1 heterocycles. The number of ether oxygens (including phenoxy) is 1.